The fourth-order valence-electron chi connectivity index (χ4n) is 4.18. The number of rotatable bonds is 6. The predicted molar refractivity (Wildman–Crippen MR) is 122 cm³/mol. The first-order chi connectivity index (χ1) is 14.7. The third kappa shape index (κ3) is 4.95. The van der Waals surface area contributed by atoms with E-state index >= 15 is 0 Å². The predicted octanol–water partition coefficient (Wildman–Crippen LogP) is 5.19. The van der Waals surface area contributed by atoms with Crippen molar-refractivity contribution < 1.29 is 14.3 Å². The summed E-state index contributed by atoms with van der Waals surface area (Å²) in [4.78, 5) is 27.9. The van der Waals surface area contributed by atoms with Gasteiger partial charge in [0.2, 0.25) is 0 Å². The lowest BCUT2D eigenvalue weighted by molar-refractivity contribution is -0.149. The number of amides is 1. The number of aromatic nitrogens is 2. The van der Waals surface area contributed by atoms with E-state index in [1.54, 1.807) is 11.8 Å². The van der Waals surface area contributed by atoms with Gasteiger partial charge < -0.3 is 9.64 Å². The van der Waals surface area contributed by atoms with Crippen molar-refractivity contribution in [2.24, 2.45) is 5.92 Å². The molecule has 0 saturated carbocycles. The average Bonchev–Trinajstić information content (AvgIpc) is 3.15. The van der Waals surface area contributed by atoms with Crippen molar-refractivity contribution in [3.63, 3.8) is 0 Å². The van der Waals surface area contributed by atoms with Gasteiger partial charge in [0.05, 0.1) is 35.2 Å². The van der Waals surface area contributed by atoms with Gasteiger partial charge in [-0.3, -0.25) is 9.59 Å². The fraction of sp³-hybridized carbons (Fsp3) is 0.542. The number of halogens is 1. The molecule has 1 unspecified atom stereocenters. The maximum atomic E-state index is 13.8. The molecule has 0 spiro atoms. The molecule has 2 heterocycles. The van der Waals surface area contributed by atoms with Gasteiger partial charge in [-0.05, 0) is 49.8 Å². The second kappa shape index (κ2) is 9.86. The van der Waals surface area contributed by atoms with Gasteiger partial charge in [-0.2, -0.15) is 5.10 Å². The van der Waals surface area contributed by atoms with E-state index in [2.05, 4.69) is 13.8 Å². The summed E-state index contributed by atoms with van der Waals surface area (Å²) in [5, 5.41) is 5.48. The third-order valence-corrected chi connectivity index (χ3v) is 5.87. The van der Waals surface area contributed by atoms with Crippen LogP contribution in [0, 0.1) is 5.92 Å². The highest BCUT2D eigenvalue weighted by Crippen LogP contribution is 2.32. The molecule has 1 amide bonds. The van der Waals surface area contributed by atoms with Crippen LogP contribution in [-0.2, 0) is 9.53 Å². The lowest BCUT2D eigenvalue weighted by Crippen LogP contribution is -2.43. The number of piperidine rings is 1. The van der Waals surface area contributed by atoms with Crippen LogP contribution in [0.15, 0.2) is 24.3 Å². The lowest BCUT2D eigenvalue weighted by Gasteiger charge is -2.32. The van der Waals surface area contributed by atoms with Gasteiger partial charge in [0.25, 0.3) is 5.91 Å². The van der Waals surface area contributed by atoms with E-state index in [0.717, 1.165) is 29.9 Å². The Hall–Kier alpha value is -2.34. The van der Waals surface area contributed by atoms with Crippen molar-refractivity contribution in [2.75, 3.05) is 19.7 Å². The molecule has 2 aromatic rings. The Balaban J connectivity index is 2.05. The molecule has 6 nitrogen and oxygen atoms in total. The molecule has 1 aliphatic rings. The minimum Gasteiger partial charge on any atom is -0.466 e. The number of ether oxygens (including phenoxy) is 1. The molecule has 1 aromatic heterocycles. The van der Waals surface area contributed by atoms with E-state index in [0.29, 0.717) is 30.3 Å². The molecule has 0 bridgehead atoms. The summed E-state index contributed by atoms with van der Waals surface area (Å²) in [6.45, 7) is 11.4. The van der Waals surface area contributed by atoms with Gasteiger partial charge in [-0.1, -0.05) is 45.4 Å². The molecule has 0 radical (unpaired) electrons. The fourth-order valence-corrected chi connectivity index (χ4v) is 4.37. The van der Waals surface area contributed by atoms with Crippen LogP contribution < -0.4 is 0 Å². The van der Waals surface area contributed by atoms with E-state index in [-0.39, 0.29) is 29.6 Å². The SMILES string of the molecule is CCOC(=O)C1CCCN(C(=O)c2c(C(C)C)nn(-c3cccc(Cl)c3)c2C(C)C)C1. The van der Waals surface area contributed by atoms with Crippen LogP contribution in [0.3, 0.4) is 0 Å². The maximum Gasteiger partial charge on any atom is 0.310 e. The topological polar surface area (TPSA) is 64.4 Å². The molecule has 31 heavy (non-hydrogen) atoms. The zero-order valence-corrected chi connectivity index (χ0v) is 19.8. The second-order valence-corrected chi connectivity index (χ2v) is 9.13. The average molecular weight is 446 g/mol. The van der Waals surface area contributed by atoms with E-state index in [9.17, 15) is 9.59 Å². The highest BCUT2D eigenvalue weighted by atomic mass is 35.5. The molecule has 1 aromatic carbocycles. The third-order valence-electron chi connectivity index (χ3n) is 5.64. The largest absolute Gasteiger partial charge is 0.466 e. The Morgan fingerprint density at radius 1 is 1.23 bits per heavy atom. The smallest absolute Gasteiger partial charge is 0.310 e. The van der Waals surface area contributed by atoms with Crippen LogP contribution in [0.5, 0.6) is 0 Å². The van der Waals surface area contributed by atoms with Gasteiger partial charge in [0, 0.05) is 18.1 Å². The summed E-state index contributed by atoms with van der Waals surface area (Å²) in [5.74, 6) is -0.408. The molecule has 0 N–H and O–H groups in total. The number of nitrogens with zero attached hydrogens (tertiary/aromatic N) is 3. The second-order valence-electron chi connectivity index (χ2n) is 8.69. The molecular formula is C24H32ClN3O3. The number of benzene rings is 1. The van der Waals surface area contributed by atoms with Gasteiger partial charge in [0.1, 0.15) is 0 Å². The number of carbonyl (C=O) groups excluding carboxylic acids is 2. The number of carbonyl (C=O) groups is 2. The molecule has 168 valence electrons. The van der Waals surface area contributed by atoms with Crippen LogP contribution in [0.2, 0.25) is 5.02 Å². The van der Waals surface area contributed by atoms with E-state index in [4.69, 9.17) is 21.4 Å². The Kier molecular flexibility index (Phi) is 7.42. The summed E-state index contributed by atoms with van der Waals surface area (Å²) in [7, 11) is 0. The molecule has 3 rings (SSSR count). The van der Waals surface area contributed by atoms with Crippen LogP contribution >= 0.6 is 11.6 Å². The summed E-state index contributed by atoms with van der Waals surface area (Å²) >= 11 is 6.23. The monoisotopic (exact) mass is 445 g/mol. The summed E-state index contributed by atoms with van der Waals surface area (Å²) < 4.78 is 7.06. The van der Waals surface area contributed by atoms with Crippen LogP contribution in [0.25, 0.3) is 5.69 Å². The standard InChI is InChI=1S/C24H32ClN3O3/c1-6-31-24(30)17-9-8-12-27(14-17)23(29)20-21(15(2)3)26-28(22(20)16(4)5)19-11-7-10-18(25)13-19/h7,10-11,13,15-17H,6,8-9,12,14H2,1-5H3. The highest BCUT2D eigenvalue weighted by molar-refractivity contribution is 6.30. The Bertz CT molecular complexity index is 952. The van der Waals surface area contributed by atoms with Gasteiger partial charge in [0.15, 0.2) is 0 Å². The molecule has 1 aliphatic heterocycles. The normalized spacial score (nSPS) is 16.8. The van der Waals surface area contributed by atoms with Crippen molar-refractivity contribution in [3.8, 4) is 5.69 Å². The number of hydrogen-bond acceptors (Lipinski definition) is 4. The number of esters is 1. The van der Waals surface area contributed by atoms with E-state index in [1.165, 1.54) is 0 Å². The van der Waals surface area contributed by atoms with Crippen LogP contribution in [0.4, 0.5) is 0 Å². The Morgan fingerprint density at radius 2 is 1.97 bits per heavy atom. The highest BCUT2D eigenvalue weighted by Gasteiger charge is 2.34. The Labute approximate surface area is 189 Å². The van der Waals surface area contributed by atoms with E-state index < -0.39 is 0 Å². The number of hydrogen-bond donors (Lipinski definition) is 0. The van der Waals surface area contributed by atoms with Crippen molar-refractivity contribution in [3.05, 3.63) is 46.2 Å². The summed E-state index contributed by atoms with van der Waals surface area (Å²) in [6, 6.07) is 7.51. The van der Waals surface area contributed by atoms with Crippen molar-refractivity contribution in [2.45, 2.75) is 59.3 Å². The maximum absolute atomic E-state index is 13.8. The van der Waals surface area contributed by atoms with Crippen LogP contribution in [0.1, 0.15) is 81.0 Å². The van der Waals surface area contributed by atoms with Gasteiger partial charge in [-0.25, -0.2) is 4.68 Å². The first-order valence-corrected chi connectivity index (χ1v) is 11.5. The summed E-state index contributed by atoms with van der Waals surface area (Å²) in [5.41, 5.74) is 3.12. The van der Waals surface area contributed by atoms with Crippen LogP contribution in [-0.4, -0.2) is 46.3 Å². The van der Waals surface area contributed by atoms with Crippen molar-refractivity contribution in [1.82, 2.24) is 14.7 Å². The minimum absolute atomic E-state index is 0.0605. The summed E-state index contributed by atoms with van der Waals surface area (Å²) in [6.07, 6.45) is 1.53. The van der Waals surface area contributed by atoms with Gasteiger partial charge >= 0.3 is 5.97 Å². The molecule has 1 atom stereocenters. The Morgan fingerprint density at radius 3 is 2.58 bits per heavy atom. The van der Waals surface area contributed by atoms with E-state index in [1.807, 2.05) is 42.8 Å². The first kappa shape index (κ1) is 23.3. The molecule has 0 aliphatic carbocycles. The lowest BCUT2D eigenvalue weighted by atomic mass is 9.94. The molecule has 1 fully saturated rings. The molecular weight excluding hydrogens is 414 g/mol. The van der Waals surface area contributed by atoms with Crippen molar-refractivity contribution >= 4 is 23.5 Å². The van der Waals surface area contributed by atoms with Gasteiger partial charge in [-0.15, -0.1) is 0 Å². The zero-order chi connectivity index (χ0) is 22.7. The number of likely N-dealkylation sites (tertiary alicyclic amines) is 1. The first-order valence-electron chi connectivity index (χ1n) is 11.1. The minimum atomic E-state index is -0.273. The zero-order valence-electron chi connectivity index (χ0n) is 19.0. The molecule has 7 heteroatoms. The molecule has 1 saturated heterocycles. The quantitative estimate of drug-likeness (QED) is 0.574. The van der Waals surface area contributed by atoms with Crippen molar-refractivity contribution in [1.29, 1.82) is 0 Å².